The Bertz CT molecular complexity index is 351. The summed E-state index contributed by atoms with van der Waals surface area (Å²) in [7, 11) is 0. The van der Waals surface area contributed by atoms with E-state index >= 15 is 0 Å². The zero-order chi connectivity index (χ0) is 15.5. The summed E-state index contributed by atoms with van der Waals surface area (Å²) in [6, 6.07) is 0.438. The molecule has 2 rings (SSSR count). The molecule has 1 N–H and O–H groups in total. The van der Waals surface area contributed by atoms with Crippen molar-refractivity contribution < 1.29 is 18.0 Å². The highest BCUT2D eigenvalue weighted by Crippen LogP contribution is 2.40. The lowest BCUT2D eigenvalue weighted by Gasteiger charge is -2.37. The van der Waals surface area contributed by atoms with Crippen molar-refractivity contribution in [2.24, 2.45) is 11.8 Å². The van der Waals surface area contributed by atoms with E-state index in [9.17, 15) is 18.0 Å². The molecule has 1 heterocycles. The van der Waals surface area contributed by atoms with Crippen molar-refractivity contribution >= 4 is 5.91 Å². The molecule has 21 heavy (non-hydrogen) atoms. The summed E-state index contributed by atoms with van der Waals surface area (Å²) >= 11 is 0. The number of nitrogens with one attached hydrogen (secondary N) is 1. The summed E-state index contributed by atoms with van der Waals surface area (Å²) in [5, 5.41) is 3.36. The van der Waals surface area contributed by atoms with Gasteiger partial charge in [-0.05, 0) is 38.6 Å². The molecule has 6 heteroatoms. The summed E-state index contributed by atoms with van der Waals surface area (Å²) in [6.45, 7) is 4.30. The number of likely N-dealkylation sites (tertiary alicyclic amines) is 1. The standard InChI is InChI=1S/C15H25F3N2O/c1-2-19-13-6-8-20(9-7-13)14(21)11-4-3-5-12(10-11)15(16,17)18/h11-13,19H,2-10H2,1H3. The van der Waals surface area contributed by atoms with Crippen LogP contribution in [-0.4, -0.2) is 42.7 Å². The molecule has 2 fully saturated rings. The molecule has 0 radical (unpaired) electrons. The Kier molecular flexibility index (Phi) is 5.52. The van der Waals surface area contributed by atoms with Gasteiger partial charge in [0.25, 0.3) is 0 Å². The van der Waals surface area contributed by atoms with Crippen LogP contribution in [0, 0.1) is 11.8 Å². The van der Waals surface area contributed by atoms with Gasteiger partial charge in [0.1, 0.15) is 0 Å². The van der Waals surface area contributed by atoms with Crippen molar-refractivity contribution in [2.75, 3.05) is 19.6 Å². The zero-order valence-electron chi connectivity index (χ0n) is 12.6. The fourth-order valence-corrected chi connectivity index (χ4v) is 3.56. The molecule has 2 unspecified atom stereocenters. The molecule has 0 aromatic rings. The van der Waals surface area contributed by atoms with Crippen LogP contribution < -0.4 is 5.32 Å². The summed E-state index contributed by atoms with van der Waals surface area (Å²) in [4.78, 5) is 14.2. The monoisotopic (exact) mass is 306 g/mol. The van der Waals surface area contributed by atoms with Crippen LogP contribution in [0.15, 0.2) is 0 Å². The third kappa shape index (κ3) is 4.34. The Morgan fingerprint density at radius 3 is 2.43 bits per heavy atom. The van der Waals surface area contributed by atoms with Crippen LogP contribution in [0.25, 0.3) is 0 Å². The molecule has 1 aliphatic carbocycles. The number of carbonyl (C=O) groups excluding carboxylic acids is 1. The van der Waals surface area contributed by atoms with E-state index in [0.29, 0.717) is 32.0 Å². The van der Waals surface area contributed by atoms with E-state index < -0.39 is 18.0 Å². The van der Waals surface area contributed by atoms with Gasteiger partial charge in [0.15, 0.2) is 0 Å². The fraction of sp³-hybridized carbons (Fsp3) is 0.933. The first-order valence-corrected chi connectivity index (χ1v) is 8.00. The van der Waals surface area contributed by atoms with Gasteiger partial charge in [-0.2, -0.15) is 13.2 Å². The van der Waals surface area contributed by atoms with Gasteiger partial charge in [0.2, 0.25) is 5.91 Å². The second kappa shape index (κ2) is 6.99. The Morgan fingerprint density at radius 2 is 1.86 bits per heavy atom. The van der Waals surface area contributed by atoms with E-state index in [1.165, 1.54) is 0 Å². The number of amides is 1. The van der Waals surface area contributed by atoms with Gasteiger partial charge in [-0.25, -0.2) is 0 Å². The molecule has 2 aliphatic rings. The fourth-order valence-electron chi connectivity index (χ4n) is 3.56. The van der Waals surface area contributed by atoms with Crippen LogP contribution >= 0.6 is 0 Å². The van der Waals surface area contributed by atoms with Gasteiger partial charge in [-0.1, -0.05) is 13.3 Å². The van der Waals surface area contributed by atoms with E-state index in [0.717, 1.165) is 19.4 Å². The van der Waals surface area contributed by atoms with Crippen molar-refractivity contribution in [1.29, 1.82) is 0 Å². The first-order valence-electron chi connectivity index (χ1n) is 8.00. The molecular formula is C15H25F3N2O. The maximum absolute atomic E-state index is 12.8. The Labute approximate surface area is 124 Å². The van der Waals surface area contributed by atoms with Gasteiger partial charge < -0.3 is 10.2 Å². The number of rotatable bonds is 3. The molecule has 1 saturated heterocycles. The Morgan fingerprint density at radius 1 is 1.19 bits per heavy atom. The Hall–Kier alpha value is -0.780. The van der Waals surface area contributed by atoms with Crippen LogP contribution in [-0.2, 0) is 4.79 Å². The summed E-state index contributed by atoms with van der Waals surface area (Å²) in [6.07, 6.45) is -1.08. The molecule has 0 bridgehead atoms. The second-order valence-corrected chi connectivity index (χ2v) is 6.26. The first-order chi connectivity index (χ1) is 9.91. The third-order valence-electron chi connectivity index (χ3n) is 4.79. The summed E-state index contributed by atoms with van der Waals surface area (Å²) < 4.78 is 38.5. The lowest BCUT2D eigenvalue weighted by molar-refractivity contribution is -0.187. The molecule has 1 amide bonds. The quantitative estimate of drug-likeness (QED) is 0.869. The average Bonchev–Trinajstić information content (AvgIpc) is 2.47. The molecule has 3 nitrogen and oxygen atoms in total. The van der Waals surface area contributed by atoms with Crippen LogP contribution in [0.3, 0.4) is 0 Å². The van der Waals surface area contributed by atoms with Gasteiger partial charge in [-0.15, -0.1) is 0 Å². The SMILES string of the molecule is CCNC1CCN(C(=O)C2CCCC(C(F)(F)F)C2)CC1. The van der Waals surface area contributed by atoms with Crippen LogP contribution in [0.1, 0.15) is 45.4 Å². The van der Waals surface area contributed by atoms with Crippen molar-refractivity contribution in [3.63, 3.8) is 0 Å². The zero-order valence-corrected chi connectivity index (χ0v) is 12.6. The molecule has 1 saturated carbocycles. The number of piperidine rings is 1. The van der Waals surface area contributed by atoms with E-state index in [1.807, 2.05) is 0 Å². The maximum Gasteiger partial charge on any atom is 0.391 e. The molecule has 0 spiro atoms. The van der Waals surface area contributed by atoms with Gasteiger partial charge in [0, 0.05) is 25.0 Å². The predicted octanol–water partition coefficient (Wildman–Crippen LogP) is 2.96. The molecule has 0 aromatic heterocycles. The van der Waals surface area contributed by atoms with E-state index in [2.05, 4.69) is 12.2 Å². The number of hydrogen-bond donors (Lipinski definition) is 1. The second-order valence-electron chi connectivity index (χ2n) is 6.26. The molecule has 122 valence electrons. The lowest BCUT2D eigenvalue weighted by Crippen LogP contribution is -2.47. The molecule has 0 aromatic carbocycles. The van der Waals surface area contributed by atoms with E-state index in [-0.39, 0.29) is 18.7 Å². The number of alkyl halides is 3. The third-order valence-corrected chi connectivity index (χ3v) is 4.79. The summed E-state index contributed by atoms with van der Waals surface area (Å²) in [5.74, 6) is -1.78. The highest BCUT2D eigenvalue weighted by molar-refractivity contribution is 5.79. The van der Waals surface area contributed by atoms with Gasteiger partial charge in [0.05, 0.1) is 5.92 Å². The van der Waals surface area contributed by atoms with Crippen LogP contribution in [0.4, 0.5) is 13.2 Å². The highest BCUT2D eigenvalue weighted by Gasteiger charge is 2.44. The minimum atomic E-state index is -4.16. The molecule has 1 aliphatic heterocycles. The van der Waals surface area contributed by atoms with Gasteiger partial charge in [-0.3, -0.25) is 4.79 Å². The van der Waals surface area contributed by atoms with E-state index in [4.69, 9.17) is 0 Å². The smallest absolute Gasteiger partial charge is 0.342 e. The maximum atomic E-state index is 12.8. The van der Waals surface area contributed by atoms with Crippen molar-refractivity contribution in [2.45, 2.75) is 57.7 Å². The van der Waals surface area contributed by atoms with Crippen molar-refractivity contribution in [3.05, 3.63) is 0 Å². The molecular weight excluding hydrogens is 281 g/mol. The van der Waals surface area contributed by atoms with Crippen LogP contribution in [0.5, 0.6) is 0 Å². The van der Waals surface area contributed by atoms with Gasteiger partial charge >= 0.3 is 6.18 Å². The number of halogens is 3. The number of carbonyl (C=O) groups is 1. The van der Waals surface area contributed by atoms with E-state index in [1.54, 1.807) is 4.90 Å². The average molecular weight is 306 g/mol. The topological polar surface area (TPSA) is 32.3 Å². The predicted molar refractivity (Wildman–Crippen MR) is 74.8 cm³/mol. The normalized spacial score (nSPS) is 28.7. The number of hydrogen-bond acceptors (Lipinski definition) is 2. The minimum Gasteiger partial charge on any atom is -0.342 e. The molecule has 2 atom stereocenters. The lowest BCUT2D eigenvalue weighted by atomic mass is 9.80. The van der Waals surface area contributed by atoms with Crippen molar-refractivity contribution in [3.8, 4) is 0 Å². The largest absolute Gasteiger partial charge is 0.391 e. The minimum absolute atomic E-state index is 0.0184. The van der Waals surface area contributed by atoms with Crippen LogP contribution in [0.2, 0.25) is 0 Å². The van der Waals surface area contributed by atoms with Crippen molar-refractivity contribution in [1.82, 2.24) is 10.2 Å². The first kappa shape index (κ1) is 16.6. The highest BCUT2D eigenvalue weighted by atomic mass is 19.4. The number of nitrogens with zero attached hydrogens (tertiary/aromatic N) is 1. The summed E-state index contributed by atoms with van der Waals surface area (Å²) in [5.41, 5.74) is 0. The Balaban J connectivity index is 1.86.